The molecule has 0 amide bonds. The summed E-state index contributed by atoms with van der Waals surface area (Å²) in [5.41, 5.74) is 32.7. The Morgan fingerprint density at radius 3 is 1.17 bits per heavy atom. The van der Waals surface area contributed by atoms with Crippen molar-refractivity contribution in [1.82, 2.24) is 9.97 Å². The van der Waals surface area contributed by atoms with Crippen LogP contribution in [-0.2, 0) is 40.7 Å². The van der Waals surface area contributed by atoms with E-state index in [0.29, 0.717) is 0 Å². The van der Waals surface area contributed by atoms with Crippen molar-refractivity contribution in [2.45, 2.75) is 133 Å². The van der Waals surface area contributed by atoms with Gasteiger partial charge in [0.2, 0.25) is 0 Å². The molecular formula is C70H70CuN4. The third-order valence-corrected chi connectivity index (χ3v) is 16.1. The summed E-state index contributed by atoms with van der Waals surface area (Å²) in [5, 5.41) is 4.85. The standard InChI is InChI=1S/2C35H35N2.Cu/c2*1-8-25-29-18-23-11-9-10-12-26(23)33(29)36-30(25)19-31-27-14-13-20(2)15-28(27)34(37-31)32-21(3)16-24(17-22(32)4)35(5,6)7;/h2*9-17,19H,8,18H2,1-7H3;/q2*-1;+2/b2*30-19-;. The van der Waals surface area contributed by atoms with Gasteiger partial charge in [-0.25, -0.2) is 9.98 Å². The van der Waals surface area contributed by atoms with Crippen LogP contribution < -0.4 is 9.97 Å². The first-order valence-electron chi connectivity index (χ1n) is 26.9. The number of aryl methyl sites for hydroxylation is 6. The van der Waals surface area contributed by atoms with Crippen molar-refractivity contribution in [2.75, 3.05) is 0 Å². The summed E-state index contributed by atoms with van der Waals surface area (Å²) in [6.45, 7) is 31.4. The quantitative estimate of drug-likeness (QED) is 0.156. The number of rotatable bonds is 6. The van der Waals surface area contributed by atoms with Crippen LogP contribution in [0.1, 0.15) is 146 Å². The monoisotopic (exact) mass is 1030 g/mol. The zero-order chi connectivity index (χ0) is 52.1. The molecule has 2 aliphatic carbocycles. The summed E-state index contributed by atoms with van der Waals surface area (Å²) in [6.07, 6.45) is 8.37. The fourth-order valence-corrected chi connectivity index (χ4v) is 12.2. The SMILES string of the molecule is CCC1=C2Cc3ccccc3C2=N/C1=C\c1[n-]c(-c2c(C)cc(C(C)(C)C)cc2C)c2cc(C)ccc12.CCC1=C2Cc3ccccc3C2=N/C1=C\c1[n-]c(-c2c(C)cc(C(C)(C)C)cc2C)c2cc(C)ccc12.[Cu+2]. The molecular weight excluding hydrogens is 960 g/mol. The molecule has 2 aromatic heterocycles. The van der Waals surface area contributed by atoms with Crippen LogP contribution >= 0.6 is 0 Å². The van der Waals surface area contributed by atoms with Gasteiger partial charge in [0.1, 0.15) is 0 Å². The van der Waals surface area contributed by atoms with Crippen LogP contribution in [0.5, 0.6) is 0 Å². The van der Waals surface area contributed by atoms with Gasteiger partial charge in [0.25, 0.3) is 0 Å². The molecule has 0 bridgehead atoms. The van der Waals surface area contributed by atoms with E-state index in [1.165, 1.54) is 122 Å². The number of hydrogen-bond acceptors (Lipinski definition) is 2. The fraction of sp³-hybridized carbons (Fsp3) is 0.286. The van der Waals surface area contributed by atoms with E-state index in [2.05, 4.69) is 218 Å². The van der Waals surface area contributed by atoms with E-state index in [-0.39, 0.29) is 27.9 Å². The summed E-state index contributed by atoms with van der Waals surface area (Å²) in [4.78, 5) is 21.0. The Hall–Kier alpha value is -6.78. The van der Waals surface area contributed by atoms with Gasteiger partial charge in [0.15, 0.2) is 0 Å². The molecule has 0 spiro atoms. The van der Waals surface area contributed by atoms with Crippen LogP contribution in [0, 0.1) is 41.5 Å². The van der Waals surface area contributed by atoms with Gasteiger partial charge in [-0.1, -0.05) is 188 Å². The van der Waals surface area contributed by atoms with Crippen molar-refractivity contribution in [3.8, 4) is 22.5 Å². The number of aromatic nitrogens is 2. The van der Waals surface area contributed by atoms with Gasteiger partial charge in [-0.3, -0.25) is 0 Å². The topological polar surface area (TPSA) is 52.9 Å². The number of nitrogens with zero attached hydrogens (tertiary/aromatic N) is 4. The fourth-order valence-electron chi connectivity index (χ4n) is 12.2. The molecule has 0 atom stereocenters. The average molecular weight is 1030 g/mol. The van der Waals surface area contributed by atoms with E-state index >= 15 is 0 Å². The van der Waals surface area contributed by atoms with E-state index in [9.17, 15) is 0 Å². The van der Waals surface area contributed by atoms with Crippen molar-refractivity contribution in [2.24, 2.45) is 9.98 Å². The molecule has 0 saturated heterocycles. The summed E-state index contributed by atoms with van der Waals surface area (Å²) in [5.74, 6) is 0. The van der Waals surface area contributed by atoms with E-state index in [4.69, 9.17) is 20.0 Å². The third kappa shape index (κ3) is 9.10. The van der Waals surface area contributed by atoms with Crippen LogP contribution in [0.3, 0.4) is 0 Å². The second-order valence-corrected chi connectivity index (χ2v) is 23.5. The molecule has 2 aliphatic heterocycles. The van der Waals surface area contributed by atoms with E-state index in [1.807, 2.05) is 0 Å². The van der Waals surface area contributed by atoms with E-state index in [0.717, 1.165) is 71.3 Å². The van der Waals surface area contributed by atoms with Gasteiger partial charge < -0.3 is 9.97 Å². The van der Waals surface area contributed by atoms with Crippen LogP contribution in [0.4, 0.5) is 0 Å². The number of fused-ring (bicyclic) bond motifs is 8. The van der Waals surface area contributed by atoms with Crippen molar-refractivity contribution in [3.05, 3.63) is 221 Å². The average Bonchev–Trinajstić information content (AvgIpc) is 4.19. The zero-order valence-corrected chi connectivity index (χ0v) is 47.4. The molecule has 0 saturated carbocycles. The number of allylic oxidation sites excluding steroid dienone is 4. The molecule has 0 N–H and O–H groups in total. The van der Waals surface area contributed by atoms with Crippen LogP contribution in [-0.4, -0.2) is 11.4 Å². The van der Waals surface area contributed by atoms with Gasteiger partial charge >= 0.3 is 17.1 Å². The Morgan fingerprint density at radius 1 is 0.467 bits per heavy atom. The minimum Gasteiger partial charge on any atom is -0.656 e. The minimum absolute atomic E-state index is 0. The van der Waals surface area contributed by atoms with Crippen molar-refractivity contribution < 1.29 is 17.1 Å². The van der Waals surface area contributed by atoms with Gasteiger partial charge in [-0.05, 0) is 165 Å². The molecule has 0 unspecified atom stereocenters. The van der Waals surface area contributed by atoms with E-state index < -0.39 is 0 Å². The zero-order valence-electron chi connectivity index (χ0n) is 46.5. The summed E-state index contributed by atoms with van der Waals surface area (Å²) < 4.78 is 0. The molecule has 75 heavy (non-hydrogen) atoms. The normalized spacial score (nSPS) is 15.9. The smallest absolute Gasteiger partial charge is 0.656 e. The Morgan fingerprint density at radius 2 is 0.827 bits per heavy atom. The molecule has 0 fully saturated rings. The summed E-state index contributed by atoms with van der Waals surface area (Å²) in [6, 6.07) is 40.2. The third-order valence-electron chi connectivity index (χ3n) is 16.1. The Labute approximate surface area is 456 Å². The first kappa shape index (κ1) is 51.7. The first-order valence-corrected chi connectivity index (χ1v) is 26.9. The minimum atomic E-state index is 0. The van der Waals surface area contributed by atoms with Crippen LogP contribution in [0.15, 0.2) is 153 Å². The Kier molecular flexibility index (Phi) is 13.4. The molecule has 4 aliphatic rings. The predicted molar refractivity (Wildman–Crippen MR) is 315 cm³/mol. The van der Waals surface area contributed by atoms with Crippen LogP contribution in [0.2, 0.25) is 0 Å². The maximum absolute atomic E-state index is 5.32. The molecule has 6 aromatic carbocycles. The summed E-state index contributed by atoms with van der Waals surface area (Å²) >= 11 is 0. The molecule has 1 radical (unpaired) electrons. The van der Waals surface area contributed by atoms with Crippen LogP contribution in [0.25, 0.3) is 56.2 Å². The molecule has 4 heterocycles. The van der Waals surface area contributed by atoms with E-state index in [1.54, 1.807) is 0 Å². The molecule has 381 valence electrons. The molecule has 4 nitrogen and oxygen atoms in total. The maximum Gasteiger partial charge on any atom is 2.00 e. The van der Waals surface area contributed by atoms with Gasteiger partial charge in [0.05, 0.1) is 22.8 Å². The molecule has 8 aromatic rings. The Bertz CT molecular complexity index is 3570. The second kappa shape index (κ2) is 19.4. The Balaban J connectivity index is 0.000000169. The van der Waals surface area contributed by atoms with Gasteiger partial charge in [-0.2, -0.15) is 0 Å². The van der Waals surface area contributed by atoms with Gasteiger partial charge in [-0.15, -0.1) is 22.8 Å². The number of hydrogen-bond donors (Lipinski definition) is 0. The first-order chi connectivity index (χ1) is 35.3. The maximum atomic E-state index is 5.32. The second-order valence-electron chi connectivity index (χ2n) is 23.5. The number of benzene rings is 6. The summed E-state index contributed by atoms with van der Waals surface area (Å²) in [7, 11) is 0. The van der Waals surface area contributed by atoms with Crippen molar-refractivity contribution in [3.63, 3.8) is 0 Å². The van der Waals surface area contributed by atoms with Crippen molar-refractivity contribution >= 4 is 45.1 Å². The van der Waals surface area contributed by atoms with Crippen molar-refractivity contribution in [1.29, 1.82) is 0 Å². The number of aliphatic imine (C=N–C) groups is 2. The molecule has 5 heteroatoms. The molecule has 12 rings (SSSR count). The largest absolute Gasteiger partial charge is 2.00 e. The van der Waals surface area contributed by atoms with Gasteiger partial charge in [0, 0.05) is 24.0 Å². The predicted octanol–water partition coefficient (Wildman–Crippen LogP) is 17.6.